The molecule has 2 fully saturated rings. The van der Waals surface area contributed by atoms with Gasteiger partial charge in [0.2, 0.25) is 21.8 Å². The van der Waals surface area contributed by atoms with Crippen LogP contribution in [0.25, 0.3) is 0 Å². The third-order valence-electron chi connectivity index (χ3n) is 5.30. The SMILES string of the molecule is COc1ccc(S(=O)(=O)NC[C@@H]2CCCN(C(=O)CN3CCCC3=O)C2)cc1. The lowest BCUT2D eigenvalue weighted by Crippen LogP contribution is -2.47. The molecule has 9 heteroatoms. The molecule has 1 N–H and O–H groups in total. The van der Waals surface area contributed by atoms with E-state index in [0.29, 0.717) is 31.8 Å². The summed E-state index contributed by atoms with van der Waals surface area (Å²) >= 11 is 0. The number of hydrogen-bond acceptors (Lipinski definition) is 5. The molecular weight excluding hydrogens is 382 g/mol. The minimum atomic E-state index is -3.61. The second-order valence-electron chi connectivity index (χ2n) is 7.29. The molecule has 2 heterocycles. The summed E-state index contributed by atoms with van der Waals surface area (Å²) in [6.07, 6.45) is 3.01. The predicted octanol–water partition coefficient (Wildman–Crippen LogP) is 0.835. The van der Waals surface area contributed by atoms with Crippen molar-refractivity contribution >= 4 is 21.8 Å². The quantitative estimate of drug-likeness (QED) is 0.720. The number of carbonyl (C=O) groups is 2. The number of carbonyl (C=O) groups excluding carboxylic acids is 2. The Morgan fingerprint density at radius 2 is 1.96 bits per heavy atom. The van der Waals surface area contributed by atoms with Crippen molar-refractivity contribution in [3.8, 4) is 5.75 Å². The van der Waals surface area contributed by atoms with Gasteiger partial charge in [0.25, 0.3) is 0 Å². The van der Waals surface area contributed by atoms with E-state index in [9.17, 15) is 18.0 Å². The largest absolute Gasteiger partial charge is 0.497 e. The lowest BCUT2D eigenvalue weighted by atomic mass is 9.98. The van der Waals surface area contributed by atoms with E-state index in [4.69, 9.17) is 4.74 Å². The van der Waals surface area contributed by atoms with Crippen molar-refractivity contribution < 1.29 is 22.7 Å². The number of hydrogen-bond donors (Lipinski definition) is 1. The van der Waals surface area contributed by atoms with Gasteiger partial charge in [-0.1, -0.05) is 0 Å². The molecule has 3 rings (SSSR count). The van der Waals surface area contributed by atoms with E-state index in [1.165, 1.54) is 19.2 Å². The van der Waals surface area contributed by atoms with Crippen LogP contribution in [-0.2, 0) is 19.6 Å². The van der Waals surface area contributed by atoms with E-state index < -0.39 is 10.0 Å². The van der Waals surface area contributed by atoms with Crippen LogP contribution in [0.2, 0.25) is 0 Å². The van der Waals surface area contributed by atoms with E-state index in [2.05, 4.69) is 4.72 Å². The highest BCUT2D eigenvalue weighted by Gasteiger charge is 2.28. The van der Waals surface area contributed by atoms with E-state index in [1.54, 1.807) is 21.9 Å². The van der Waals surface area contributed by atoms with Crippen molar-refractivity contribution in [1.82, 2.24) is 14.5 Å². The summed E-state index contributed by atoms with van der Waals surface area (Å²) in [5.41, 5.74) is 0. The molecule has 1 aromatic rings. The summed E-state index contributed by atoms with van der Waals surface area (Å²) in [5.74, 6) is 0.629. The zero-order chi connectivity index (χ0) is 20.1. The summed E-state index contributed by atoms with van der Waals surface area (Å²) in [4.78, 5) is 27.8. The third kappa shape index (κ3) is 5.02. The molecule has 0 aliphatic carbocycles. The molecule has 8 nitrogen and oxygen atoms in total. The Kier molecular flexibility index (Phi) is 6.56. The molecule has 1 aromatic carbocycles. The molecule has 0 saturated carbocycles. The van der Waals surface area contributed by atoms with Gasteiger partial charge in [-0.15, -0.1) is 0 Å². The van der Waals surface area contributed by atoms with Gasteiger partial charge in [0, 0.05) is 32.6 Å². The first-order valence-corrected chi connectivity index (χ1v) is 11.1. The van der Waals surface area contributed by atoms with Crippen LogP contribution in [0.1, 0.15) is 25.7 Å². The Hall–Kier alpha value is -2.13. The molecule has 2 aliphatic heterocycles. The van der Waals surface area contributed by atoms with Crippen LogP contribution in [0, 0.1) is 5.92 Å². The Labute approximate surface area is 165 Å². The van der Waals surface area contributed by atoms with Crippen LogP contribution in [0.5, 0.6) is 5.75 Å². The van der Waals surface area contributed by atoms with Gasteiger partial charge in [0.05, 0.1) is 18.6 Å². The number of ether oxygens (including phenoxy) is 1. The van der Waals surface area contributed by atoms with Crippen molar-refractivity contribution in [2.75, 3.05) is 39.8 Å². The minimum absolute atomic E-state index is 0.0363. The van der Waals surface area contributed by atoms with Crippen LogP contribution in [0.15, 0.2) is 29.2 Å². The van der Waals surface area contributed by atoms with Gasteiger partial charge >= 0.3 is 0 Å². The van der Waals surface area contributed by atoms with Crippen molar-refractivity contribution in [3.63, 3.8) is 0 Å². The highest BCUT2D eigenvalue weighted by Crippen LogP contribution is 2.19. The molecule has 0 bridgehead atoms. The highest BCUT2D eigenvalue weighted by molar-refractivity contribution is 7.89. The average Bonchev–Trinajstić information content (AvgIpc) is 3.11. The highest BCUT2D eigenvalue weighted by atomic mass is 32.2. The van der Waals surface area contributed by atoms with Gasteiger partial charge in [0.1, 0.15) is 5.75 Å². The Bertz CT molecular complexity index is 809. The zero-order valence-electron chi connectivity index (χ0n) is 16.1. The van der Waals surface area contributed by atoms with Crippen LogP contribution in [-0.4, -0.2) is 69.9 Å². The monoisotopic (exact) mass is 409 g/mol. The number of piperidine rings is 1. The van der Waals surface area contributed by atoms with Crippen molar-refractivity contribution in [2.24, 2.45) is 5.92 Å². The number of rotatable bonds is 7. The zero-order valence-corrected chi connectivity index (χ0v) is 16.9. The summed E-state index contributed by atoms with van der Waals surface area (Å²) in [6.45, 7) is 2.21. The van der Waals surface area contributed by atoms with E-state index in [-0.39, 0.29) is 35.7 Å². The Morgan fingerprint density at radius 1 is 1.21 bits per heavy atom. The van der Waals surface area contributed by atoms with Crippen LogP contribution >= 0.6 is 0 Å². The predicted molar refractivity (Wildman–Crippen MR) is 103 cm³/mol. The maximum Gasteiger partial charge on any atom is 0.242 e. The fourth-order valence-corrected chi connectivity index (χ4v) is 4.77. The summed E-state index contributed by atoms with van der Waals surface area (Å²) in [5, 5.41) is 0. The van der Waals surface area contributed by atoms with Crippen molar-refractivity contribution in [2.45, 2.75) is 30.6 Å². The molecule has 2 amide bonds. The van der Waals surface area contributed by atoms with Crippen LogP contribution in [0.4, 0.5) is 0 Å². The first-order chi connectivity index (χ1) is 13.4. The van der Waals surface area contributed by atoms with E-state index in [0.717, 1.165) is 19.3 Å². The number of benzene rings is 1. The fraction of sp³-hybridized carbons (Fsp3) is 0.579. The van der Waals surface area contributed by atoms with Gasteiger partial charge in [-0.3, -0.25) is 9.59 Å². The smallest absolute Gasteiger partial charge is 0.242 e. The van der Waals surface area contributed by atoms with Gasteiger partial charge in [-0.2, -0.15) is 0 Å². The summed E-state index contributed by atoms with van der Waals surface area (Å²) in [7, 11) is -2.08. The van der Waals surface area contributed by atoms with Gasteiger partial charge in [-0.05, 0) is 49.4 Å². The molecule has 0 spiro atoms. The molecule has 0 unspecified atom stereocenters. The van der Waals surface area contributed by atoms with Gasteiger partial charge in [0.15, 0.2) is 0 Å². The Balaban J connectivity index is 1.52. The topological polar surface area (TPSA) is 96.0 Å². The lowest BCUT2D eigenvalue weighted by Gasteiger charge is -2.33. The lowest BCUT2D eigenvalue weighted by molar-refractivity contribution is -0.139. The van der Waals surface area contributed by atoms with Crippen molar-refractivity contribution in [3.05, 3.63) is 24.3 Å². The number of likely N-dealkylation sites (tertiary alicyclic amines) is 2. The van der Waals surface area contributed by atoms with E-state index in [1.807, 2.05) is 0 Å². The third-order valence-corrected chi connectivity index (χ3v) is 6.74. The number of sulfonamides is 1. The van der Waals surface area contributed by atoms with Crippen molar-refractivity contribution in [1.29, 1.82) is 0 Å². The summed E-state index contributed by atoms with van der Waals surface area (Å²) in [6, 6.07) is 6.22. The molecular formula is C19H27N3O5S. The molecule has 28 heavy (non-hydrogen) atoms. The molecule has 0 aromatic heterocycles. The number of amides is 2. The molecule has 2 saturated heterocycles. The summed E-state index contributed by atoms with van der Waals surface area (Å²) < 4.78 is 32.7. The normalized spacial score (nSPS) is 20.5. The standard InChI is InChI=1S/C19H27N3O5S/c1-27-16-6-8-17(9-7-16)28(25,26)20-12-15-4-2-10-21(13-15)19(24)14-22-11-3-5-18(22)23/h6-9,15,20H,2-5,10-14H2,1H3/t15-/m0/s1. The van der Waals surface area contributed by atoms with Gasteiger partial charge in [-0.25, -0.2) is 13.1 Å². The van der Waals surface area contributed by atoms with E-state index >= 15 is 0 Å². The second-order valence-corrected chi connectivity index (χ2v) is 9.06. The maximum atomic E-state index is 12.5. The Morgan fingerprint density at radius 3 is 2.61 bits per heavy atom. The maximum absolute atomic E-state index is 12.5. The van der Waals surface area contributed by atoms with Crippen LogP contribution in [0.3, 0.4) is 0 Å². The number of nitrogens with one attached hydrogen (secondary N) is 1. The molecule has 0 radical (unpaired) electrons. The van der Waals surface area contributed by atoms with Gasteiger partial charge < -0.3 is 14.5 Å². The second kappa shape index (κ2) is 8.91. The number of nitrogens with zero attached hydrogens (tertiary/aromatic N) is 2. The van der Waals surface area contributed by atoms with Crippen LogP contribution < -0.4 is 9.46 Å². The minimum Gasteiger partial charge on any atom is -0.497 e. The fourth-order valence-electron chi connectivity index (χ4n) is 3.66. The molecule has 154 valence electrons. The first kappa shape index (κ1) is 20.6. The average molecular weight is 410 g/mol. The molecule has 2 aliphatic rings. The number of methoxy groups -OCH3 is 1. The molecule has 1 atom stereocenters. The first-order valence-electron chi connectivity index (χ1n) is 9.58.